The van der Waals surface area contributed by atoms with Gasteiger partial charge in [-0.25, -0.2) is 9.97 Å². The highest BCUT2D eigenvalue weighted by atomic mass is 35.5. The molecule has 4 rings (SSSR count). The standard InChI is InChI=1S/C15H10ClN5S/c16-11-4-3-9(13-10(11)2-1-5-17-13)8-12-19-14(21-20-12)15-18-6-7-22-15/h1-7H,8H2,(H,19,20,21). The molecule has 5 nitrogen and oxygen atoms in total. The zero-order chi connectivity index (χ0) is 14.9. The molecule has 3 aromatic heterocycles. The average molecular weight is 328 g/mol. The second-order valence-corrected chi connectivity index (χ2v) is 6.03. The molecule has 0 saturated carbocycles. The van der Waals surface area contributed by atoms with E-state index >= 15 is 0 Å². The van der Waals surface area contributed by atoms with Crippen LogP contribution >= 0.6 is 22.9 Å². The van der Waals surface area contributed by atoms with Crippen LogP contribution in [-0.2, 0) is 6.42 Å². The van der Waals surface area contributed by atoms with Gasteiger partial charge in [0.2, 0.25) is 5.82 Å². The first-order valence-corrected chi connectivity index (χ1v) is 7.90. The Hall–Kier alpha value is -2.31. The Morgan fingerprint density at radius 1 is 1.14 bits per heavy atom. The molecule has 1 N–H and O–H groups in total. The molecular formula is C15H10ClN5S. The first-order chi connectivity index (χ1) is 10.8. The molecular weight excluding hydrogens is 318 g/mol. The molecule has 4 aromatic rings. The van der Waals surface area contributed by atoms with Gasteiger partial charge in [0, 0.05) is 34.6 Å². The van der Waals surface area contributed by atoms with Crippen molar-refractivity contribution in [2.24, 2.45) is 0 Å². The van der Waals surface area contributed by atoms with Crippen molar-refractivity contribution in [2.75, 3.05) is 0 Å². The highest BCUT2D eigenvalue weighted by Crippen LogP contribution is 2.26. The molecule has 0 radical (unpaired) electrons. The van der Waals surface area contributed by atoms with Crippen LogP contribution in [0.4, 0.5) is 0 Å². The summed E-state index contributed by atoms with van der Waals surface area (Å²) >= 11 is 7.74. The third kappa shape index (κ3) is 2.36. The number of hydrogen-bond acceptors (Lipinski definition) is 5. The number of fused-ring (bicyclic) bond motifs is 1. The highest BCUT2D eigenvalue weighted by molar-refractivity contribution is 7.12. The van der Waals surface area contributed by atoms with E-state index < -0.39 is 0 Å². The second-order valence-electron chi connectivity index (χ2n) is 4.73. The number of rotatable bonds is 3. The maximum Gasteiger partial charge on any atom is 0.210 e. The molecule has 1 aromatic carbocycles. The van der Waals surface area contributed by atoms with Gasteiger partial charge in [-0.1, -0.05) is 17.7 Å². The van der Waals surface area contributed by atoms with Crippen molar-refractivity contribution in [3.8, 4) is 10.8 Å². The molecule has 7 heteroatoms. The number of halogens is 1. The summed E-state index contributed by atoms with van der Waals surface area (Å²) in [5, 5.41) is 11.5. The van der Waals surface area contributed by atoms with Gasteiger partial charge in [-0.3, -0.25) is 10.1 Å². The molecule has 108 valence electrons. The van der Waals surface area contributed by atoms with Crippen molar-refractivity contribution in [1.29, 1.82) is 0 Å². The lowest BCUT2D eigenvalue weighted by Gasteiger charge is -2.05. The number of benzene rings is 1. The summed E-state index contributed by atoms with van der Waals surface area (Å²) in [5.41, 5.74) is 1.95. The Labute approximate surface area is 135 Å². The fraction of sp³-hybridized carbons (Fsp3) is 0.0667. The number of thiazole rings is 1. The molecule has 0 bridgehead atoms. The molecule has 0 spiro atoms. The SMILES string of the molecule is Clc1ccc(Cc2nc(-c3nccs3)n[nH]2)c2ncccc12. The van der Waals surface area contributed by atoms with Crippen LogP contribution in [0.5, 0.6) is 0 Å². The average Bonchev–Trinajstić information content (AvgIpc) is 3.21. The van der Waals surface area contributed by atoms with Crippen molar-refractivity contribution in [3.05, 3.63) is 58.4 Å². The van der Waals surface area contributed by atoms with Crippen LogP contribution < -0.4 is 0 Å². The van der Waals surface area contributed by atoms with E-state index in [1.54, 1.807) is 12.4 Å². The Morgan fingerprint density at radius 2 is 2.09 bits per heavy atom. The molecule has 0 fully saturated rings. The molecule has 0 atom stereocenters. The highest BCUT2D eigenvalue weighted by Gasteiger charge is 2.11. The third-order valence-electron chi connectivity index (χ3n) is 3.31. The van der Waals surface area contributed by atoms with Crippen LogP contribution in [-0.4, -0.2) is 25.1 Å². The normalized spacial score (nSPS) is 11.1. The summed E-state index contributed by atoms with van der Waals surface area (Å²) in [4.78, 5) is 13.1. The summed E-state index contributed by atoms with van der Waals surface area (Å²) < 4.78 is 0. The summed E-state index contributed by atoms with van der Waals surface area (Å²) in [6.07, 6.45) is 4.12. The number of nitrogens with one attached hydrogen (secondary N) is 1. The Bertz CT molecular complexity index is 932. The summed E-state index contributed by atoms with van der Waals surface area (Å²) in [6.45, 7) is 0. The van der Waals surface area contributed by atoms with E-state index in [2.05, 4.69) is 25.1 Å². The molecule has 0 aliphatic heterocycles. The van der Waals surface area contributed by atoms with Crippen molar-refractivity contribution in [2.45, 2.75) is 6.42 Å². The number of aromatic amines is 1. The smallest absolute Gasteiger partial charge is 0.210 e. The Morgan fingerprint density at radius 3 is 2.95 bits per heavy atom. The maximum atomic E-state index is 6.22. The van der Waals surface area contributed by atoms with E-state index in [-0.39, 0.29) is 0 Å². The van der Waals surface area contributed by atoms with Crippen LogP contribution in [0.3, 0.4) is 0 Å². The van der Waals surface area contributed by atoms with E-state index in [0.29, 0.717) is 17.3 Å². The van der Waals surface area contributed by atoms with Gasteiger partial charge in [0.1, 0.15) is 5.82 Å². The summed E-state index contributed by atoms with van der Waals surface area (Å²) in [7, 11) is 0. The van der Waals surface area contributed by atoms with E-state index in [9.17, 15) is 0 Å². The number of H-pyrrole nitrogens is 1. The van der Waals surface area contributed by atoms with Gasteiger partial charge >= 0.3 is 0 Å². The second kappa shape index (κ2) is 5.47. The van der Waals surface area contributed by atoms with E-state index in [1.807, 2.05) is 29.6 Å². The predicted molar refractivity (Wildman–Crippen MR) is 87.0 cm³/mol. The van der Waals surface area contributed by atoms with E-state index in [1.165, 1.54) is 11.3 Å². The van der Waals surface area contributed by atoms with Crippen molar-refractivity contribution in [1.82, 2.24) is 25.1 Å². The summed E-state index contributed by atoms with van der Waals surface area (Å²) in [6, 6.07) is 7.71. The molecule has 0 aliphatic carbocycles. The maximum absolute atomic E-state index is 6.22. The first-order valence-electron chi connectivity index (χ1n) is 6.64. The van der Waals surface area contributed by atoms with Crippen LogP contribution in [0, 0.1) is 0 Å². The van der Waals surface area contributed by atoms with Crippen LogP contribution in [0.25, 0.3) is 21.7 Å². The monoisotopic (exact) mass is 327 g/mol. The van der Waals surface area contributed by atoms with Gasteiger partial charge in [-0.15, -0.1) is 11.3 Å². The van der Waals surface area contributed by atoms with Crippen LogP contribution in [0.2, 0.25) is 5.02 Å². The minimum absolute atomic E-state index is 0.614. The number of nitrogens with zero attached hydrogens (tertiary/aromatic N) is 4. The molecule has 3 heterocycles. The van der Waals surface area contributed by atoms with E-state index in [0.717, 1.165) is 27.3 Å². The lowest BCUT2D eigenvalue weighted by Crippen LogP contribution is -1.94. The van der Waals surface area contributed by atoms with Crippen LogP contribution in [0.15, 0.2) is 42.0 Å². The minimum Gasteiger partial charge on any atom is -0.262 e. The molecule has 22 heavy (non-hydrogen) atoms. The Balaban J connectivity index is 1.71. The lowest BCUT2D eigenvalue weighted by atomic mass is 10.1. The van der Waals surface area contributed by atoms with Gasteiger partial charge in [-0.05, 0) is 23.8 Å². The number of hydrogen-bond donors (Lipinski definition) is 1. The number of pyridine rings is 1. The lowest BCUT2D eigenvalue weighted by molar-refractivity contribution is 0.975. The predicted octanol–water partition coefficient (Wildman–Crippen LogP) is 3.72. The minimum atomic E-state index is 0.614. The summed E-state index contributed by atoms with van der Waals surface area (Å²) in [5.74, 6) is 1.40. The fourth-order valence-electron chi connectivity index (χ4n) is 2.32. The van der Waals surface area contributed by atoms with Crippen LogP contribution in [0.1, 0.15) is 11.4 Å². The van der Waals surface area contributed by atoms with Gasteiger partial charge in [0.15, 0.2) is 5.01 Å². The van der Waals surface area contributed by atoms with Crippen molar-refractivity contribution < 1.29 is 0 Å². The van der Waals surface area contributed by atoms with Gasteiger partial charge in [-0.2, -0.15) is 5.10 Å². The zero-order valence-corrected chi connectivity index (χ0v) is 12.9. The molecule has 0 unspecified atom stereocenters. The van der Waals surface area contributed by atoms with E-state index in [4.69, 9.17) is 11.6 Å². The topological polar surface area (TPSA) is 67.3 Å². The zero-order valence-electron chi connectivity index (χ0n) is 11.3. The largest absolute Gasteiger partial charge is 0.262 e. The van der Waals surface area contributed by atoms with Crippen molar-refractivity contribution in [3.63, 3.8) is 0 Å². The quantitative estimate of drug-likeness (QED) is 0.622. The fourth-order valence-corrected chi connectivity index (χ4v) is 3.11. The van der Waals surface area contributed by atoms with Crippen molar-refractivity contribution >= 4 is 33.8 Å². The van der Waals surface area contributed by atoms with Gasteiger partial charge in [0.05, 0.1) is 5.52 Å². The number of aromatic nitrogens is 5. The van der Waals surface area contributed by atoms with Gasteiger partial charge in [0.25, 0.3) is 0 Å². The third-order valence-corrected chi connectivity index (χ3v) is 4.41. The molecule has 0 aliphatic rings. The Kier molecular flexibility index (Phi) is 3.32. The molecule has 0 amide bonds. The molecule has 0 saturated heterocycles. The van der Waals surface area contributed by atoms with Gasteiger partial charge < -0.3 is 0 Å². The first kappa shape index (κ1) is 13.4.